The summed E-state index contributed by atoms with van der Waals surface area (Å²) in [5.74, 6) is -0.104. The van der Waals surface area contributed by atoms with E-state index < -0.39 is 22.1 Å². The zero-order chi connectivity index (χ0) is 21.5. The number of aryl methyl sites for hydroxylation is 1. The van der Waals surface area contributed by atoms with Crippen LogP contribution in [0.2, 0.25) is 0 Å². The number of hydrogen-bond acceptors (Lipinski definition) is 6. The first kappa shape index (κ1) is 19.9. The molecule has 0 radical (unpaired) electrons. The maximum atomic E-state index is 13.6. The van der Waals surface area contributed by atoms with Gasteiger partial charge in [0.2, 0.25) is 0 Å². The van der Waals surface area contributed by atoms with E-state index in [0.717, 1.165) is 3.97 Å². The highest BCUT2D eigenvalue weighted by molar-refractivity contribution is 7.90. The Bertz CT molecular complexity index is 1330. The van der Waals surface area contributed by atoms with Crippen LogP contribution in [0.15, 0.2) is 76.0 Å². The zero-order valence-corrected chi connectivity index (χ0v) is 17.1. The molecule has 0 saturated heterocycles. The lowest BCUT2D eigenvalue weighted by molar-refractivity contribution is 0.0596. The highest BCUT2D eigenvalue weighted by atomic mass is 32.2. The van der Waals surface area contributed by atoms with Crippen molar-refractivity contribution in [3.63, 3.8) is 0 Å². The van der Waals surface area contributed by atoms with Gasteiger partial charge in [0.15, 0.2) is 6.10 Å². The number of carbonyl (C=O) groups excluding carboxylic acids is 1. The summed E-state index contributed by atoms with van der Waals surface area (Å²) in [5, 5.41) is 11.5. The summed E-state index contributed by atoms with van der Waals surface area (Å²) in [5.41, 5.74) is 0.0782. The summed E-state index contributed by atoms with van der Waals surface area (Å²) in [7, 11) is -2.95. The summed E-state index contributed by atoms with van der Waals surface area (Å²) in [6.45, 7) is 1.70. The van der Waals surface area contributed by atoms with Crippen molar-refractivity contribution in [2.24, 2.45) is 0 Å². The third-order valence-electron chi connectivity index (χ3n) is 4.83. The molecule has 0 saturated carbocycles. The van der Waals surface area contributed by atoms with Crippen LogP contribution in [0.1, 0.15) is 33.7 Å². The summed E-state index contributed by atoms with van der Waals surface area (Å²) in [4.78, 5) is 12.7. The van der Waals surface area contributed by atoms with Gasteiger partial charge in [0, 0.05) is 5.39 Å². The van der Waals surface area contributed by atoms with Crippen molar-refractivity contribution in [2.75, 3.05) is 7.11 Å². The number of para-hydroxylation sites is 1. The van der Waals surface area contributed by atoms with Crippen LogP contribution in [-0.4, -0.2) is 30.6 Å². The van der Waals surface area contributed by atoms with Gasteiger partial charge in [-0.1, -0.05) is 36.4 Å². The molecule has 0 spiro atoms. The van der Waals surface area contributed by atoms with Gasteiger partial charge >= 0.3 is 5.97 Å². The van der Waals surface area contributed by atoms with Gasteiger partial charge in [0.1, 0.15) is 11.5 Å². The van der Waals surface area contributed by atoms with E-state index in [1.54, 1.807) is 55.5 Å². The van der Waals surface area contributed by atoms with E-state index in [1.165, 1.54) is 25.3 Å². The van der Waals surface area contributed by atoms with Crippen LogP contribution in [0, 0.1) is 6.92 Å². The van der Waals surface area contributed by atoms with Crippen LogP contribution < -0.4 is 0 Å². The number of ether oxygens (including phenoxy) is 1. The number of benzene rings is 2. The molecule has 0 aliphatic carbocycles. The van der Waals surface area contributed by atoms with Crippen LogP contribution in [0.25, 0.3) is 10.9 Å². The Morgan fingerprint density at radius 3 is 2.33 bits per heavy atom. The summed E-state index contributed by atoms with van der Waals surface area (Å²) >= 11 is 0. The summed E-state index contributed by atoms with van der Waals surface area (Å²) in [6.07, 6.45) is -1.52. The second-order valence-electron chi connectivity index (χ2n) is 6.70. The number of fused-ring (bicyclic) bond motifs is 1. The van der Waals surface area contributed by atoms with Gasteiger partial charge in [-0.15, -0.1) is 0 Å². The maximum absolute atomic E-state index is 13.6. The van der Waals surface area contributed by atoms with Crippen LogP contribution in [0.3, 0.4) is 0 Å². The number of rotatable bonds is 5. The van der Waals surface area contributed by atoms with Gasteiger partial charge in [-0.3, -0.25) is 0 Å². The molecule has 1 unspecified atom stereocenters. The third kappa shape index (κ3) is 3.10. The lowest BCUT2D eigenvalue weighted by atomic mass is 10.1. The highest BCUT2D eigenvalue weighted by Gasteiger charge is 2.35. The smallest absolute Gasteiger partial charge is 0.340 e. The van der Waals surface area contributed by atoms with Crippen molar-refractivity contribution < 1.29 is 27.5 Å². The number of hydrogen-bond donors (Lipinski definition) is 1. The monoisotopic (exact) mass is 425 g/mol. The maximum Gasteiger partial charge on any atom is 0.340 e. The Kier molecular flexibility index (Phi) is 4.97. The van der Waals surface area contributed by atoms with Crippen molar-refractivity contribution in [1.29, 1.82) is 0 Å². The predicted molar refractivity (Wildman–Crippen MR) is 110 cm³/mol. The quantitative estimate of drug-likeness (QED) is 0.490. The average molecular weight is 425 g/mol. The summed E-state index contributed by atoms with van der Waals surface area (Å²) in [6, 6.07) is 17.5. The molecule has 2 heterocycles. The van der Waals surface area contributed by atoms with E-state index in [2.05, 4.69) is 0 Å². The number of aromatic nitrogens is 1. The molecule has 30 heavy (non-hydrogen) atoms. The second-order valence-corrected chi connectivity index (χ2v) is 8.49. The number of aliphatic hydroxyl groups excluding tert-OH is 1. The van der Waals surface area contributed by atoms with E-state index >= 15 is 0 Å². The molecule has 0 aliphatic heterocycles. The molecule has 154 valence electrons. The molecule has 7 nitrogen and oxygen atoms in total. The molecule has 0 bridgehead atoms. The number of nitrogens with zero attached hydrogens (tertiary/aromatic N) is 1. The van der Waals surface area contributed by atoms with Crippen molar-refractivity contribution in [2.45, 2.75) is 17.9 Å². The lowest BCUT2D eigenvalue weighted by Crippen LogP contribution is -2.20. The van der Waals surface area contributed by atoms with Gasteiger partial charge in [-0.25, -0.2) is 17.2 Å². The molecular formula is C22H19NO6S. The third-order valence-corrected chi connectivity index (χ3v) is 6.57. The van der Waals surface area contributed by atoms with Crippen molar-refractivity contribution >= 4 is 26.9 Å². The fourth-order valence-corrected chi connectivity index (χ4v) is 5.07. The average Bonchev–Trinajstić information content (AvgIpc) is 3.35. The number of carbonyl (C=O) groups is 1. The Morgan fingerprint density at radius 1 is 1.03 bits per heavy atom. The predicted octanol–water partition coefficient (Wildman–Crippen LogP) is 3.65. The van der Waals surface area contributed by atoms with Crippen LogP contribution >= 0.6 is 0 Å². The molecule has 0 fully saturated rings. The minimum absolute atomic E-state index is 0.0197. The molecule has 1 N–H and O–H groups in total. The van der Waals surface area contributed by atoms with Gasteiger partial charge < -0.3 is 14.3 Å². The minimum atomic E-state index is -4.16. The number of aliphatic hydroxyl groups is 1. The zero-order valence-electron chi connectivity index (χ0n) is 16.3. The first-order chi connectivity index (χ1) is 14.4. The van der Waals surface area contributed by atoms with Crippen LogP contribution in [-0.2, 0) is 14.8 Å². The molecule has 0 amide bonds. The van der Waals surface area contributed by atoms with E-state index in [-0.39, 0.29) is 27.4 Å². The Hall–Kier alpha value is -3.36. The van der Waals surface area contributed by atoms with Crippen LogP contribution in [0.5, 0.6) is 0 Å². The fourth-order valence-electron chi connectivity index (χ4n) is 3.49. The second kappa shape index (κ2) is 7.47. The number of methoxy groups -OCH3 is 1. The molecule has 2 aromatic carbocycles. The van der Waals surface area contributed by atoms with Crippen LogP contribution in [0.4, 0.5) is 0 Å². The Balaban J connectivity index is 2.12. The van der Waals surface area contributed by atoms with Crippen molar-refractivity contribution in [3.05, 3.63) is 89.5 Å². The van der Waals surface area contributed by atoms with Gasteiger partial charge in [0.25, 0.3) is 10.0 Å². The SMILES string of the molecule is COC(=O)c1c(C(O)c2ccc(C)o2)n(S(=O)(=O)c2ccccc2)c2ccccc12. The lowest BCUT2D eigenvalue weighted by Gasteiger charge is -2.16. The topological polar surface area (TPSA) is 98.7 Å². The van der Waals surface area contributed by atoms with Gasteiger partial charge in [0.05, 0.1) is 28.8 Å². The van der Waals surface area contributed by atoms with Gasteiger partial charge in [-0.2, -0.15) is 0 Å². The van der Waals surface area contributed by atoms with E-state index in [1.807, 2.05) is 0 Å². The molecule has 2 aromatic heterocycles. The minimum Gasteiger partial charge on any atom is -0.465 e. The van der Waals surface area contributed by atoms with E-state index in [9.17, 15) is 18.3 Å². The first-order valence-corrected chi connectivity index (χ1v) is 10.6. The largest absolute Gasteiger partial charge is 0.465 e. The van der Waals surface area contributed by atoms with E-state index in [4.69, 9.17) is 9.15 Å². The van der Waals surface area contributed by atoms with Crippen molar-refractivity contribution in [3.8, 4) is 0 Å². The highest BCUT2D eigenvalue weighted by Crippen LogP contribution is 2.37. The molecule has 4 rings (SSSR count). The molecule has 1 atom stereocenters. The van der Waals surface area contributed by atoms with Gasteiger partial charge in [-0.05, 0) is 37.3 Å². The Morgan fingerprint density at radius 2 is 1.70 bits per heavy atom. The standard InChI is InChI=1S/C22H19NO6S/c1-14-12-13-18(29-14)21(24)20-19(22(25)28-2)16-10-6-7-11-17(16)23(20)30(26,27)15-8-4-3-5-9-15/h3-13,21,24H,1-2H3. The fraction of sp³-hybridized carbons (Fsp3) is 0.136. The molecule has 8 heteroatoms. The number of esters is 1. The first-order valence-electron chi connectivity index (χ1n) is 9.13. The Labute approximate surface area is 173 Å². The van der Waals surface area contributed by atoms with E-state index in [0.29, 0.717) is 11.1 Å². The number of furan rings is 1. The summed E-state index contributed by atoms with van der Waals surface area (Å²) < 4.78 is 38.6. The van der Waals surface area contributed by atoms with Crippen molar-refractivity contribution in [1.82, 2.24) is 3.97 Å². The normalized spacial score (nSPS) is 12.8. The molecular weight excluding hydrogens is 406 g/mol. The molecule has 0 aliphatic rings. The molecule has 4 aromatic rings.